The van der Waals surface area contributed by atoms with Gasteiger partial charge in [-0.2, -0.15) is 0 Å². The van der Waals surface area contributed by atoms with Crippen molar-refractivity contribution in [2.75, 3.05) is 39.3 Å². The molecular formula is C18H26N2O3. The summed E-state index contributed by atoms with van der Waals surface area (Å²) in [5, 5.41) is 0. The maximum atomic E-state index is 12.5. The number of likely N-dealkylation sites (tertiary alicyclic amines) is 2. The molecule has 0 bridgehead atoms. The Morgan fingerprint density at radius 1 is 1.26 bits per heavy atom. The average molecular weight is 318 g/mol. The van der Waals surface area contributed by atoms with Crippen molar-refractivity contribution in [3.63, 3.8) is 0 Å². The zero-order chi connectivity index (χ0) is 15.7. The molecule has 3 saturated heterocycles. The summed E-state index contributed by atoms with van der Waals surface area (Å²) in [7, 11) is 0. The van der Waals surface area contributed by atoms with E-state index >= 15 is 0 Å². The van der Waals surface area contributed by atoms with Crippen LogP contribution < -0.4 is 0 Å². The number of hydrogen-bond acceptors (Lipinski definition) is 4. The van der Waals surface area contributed by atoms with Crippen LogP contribution >= 0.6 is 0 Å². The summed E-state index contributed by atoms with van der Waals surface area (Å²) in [6.07, 6.45) is 7.42. The average Bonchev–Trinajstić information content (AvgIpc) is 3.30. The summed E-state index contributed by atoms with van der Waals surface area (Å²) in [6.45, 7) is 6.01. The van der Waals surface area contributed by atoms with Crippen molar-refractivity contribution in [3.8, 4) is 0 Å². The Hall–Kier alpha value is -1.33. The van der Waals surface area contributed by atoms with Gasteiger partial charge in [0.15, 0.2) is 5.76 Å². The highest BCUT2D eigenvalue weighted by Gasteiger charge is 2.45. The minimum absolute atomic E-state index is 0.000618. The summed E-state index contributed by atoms with van der Waals surface area (Å²) in [5.74, 6) is 1.06. The molecule has 4 heterocycles. The molecule has 1 amide bonds. The summed E-state index contributed by atoms with van der Waals surface area (Å²) in [5.41, 5.74) is -0.120. The molecule has 3 aliphatic heterocycles. The van der Waals surface area contributed by atoms with Crippen molar-refractivity contribution < 1.29 is 13.9 Å². The Morgan fingerprint density at radius 2 is 2.13 bits per heavy atom. The predicted molar refractivity (Wildman–Crippen MR) is 86.3 cm³/mol. The normalized spacial score (nSPS) is 32.0. The Labute approximate surface area is 137 Å². The van der Waals surface area contributed by atoms with Crippen LogP contribution in [0.2, 0.25) is 0 Å². The second-order valence-corrected chi connectivity index (χ2v) is 7.38. The SMILES string of the molecule is O=C(c1ccco1)N1CCCC2(CC(CN3CCCC3)CO2)C1. The highest BCUT2D eigenvalue weighted by Crippen LogP contribution is 2.38. The molecule has 5 nitrogen and oxygen atoms in total. The smallest absolute Gasteiger partial charge is 0.289 e. The lowest BCUT2D eigenvalue weighted by Crippen LogP contribution is -2.50. The molecule has 0 saturated carbocycles. The number of nitrogens with zero attached hydrogens (tertiary/aromatic N) is 2. The second-order valence-electron chi connectivity index (χ2n) is 7.38. The van der Waals surface area contributed by atoms with E-state index in [-0.39, 0.29) is 11.5 Å². The van der Waals surface area contributed by atoms with Crippen LogP contribution in [0.3, 0.4) is 0 Å². The van der Waals surface area contributed by atoms with Crippen LogP contribution in [0.15, 0.2) is 22.8 Å². The standard InChI is InChI=1S/C18H26N2O3/c21-17(16-5-3-10-22-16)20-9-4-6-18(14-20)11-15(13-23-18)12-19-7-1-2-8-19/h3,5,10,15H,1-2,4,6-9,11-14H2. The van der Waals surface area contributed by atoms with Gasteiger partial charge < -0.3 is 19.0 Å². The first-order chi connectivity index (χ1) is 11.2. The first kappa shape index (κ1) is 15.2. The van der Waals surface area contributed by atoms with Gasteiger partial charge in [0, 0.05) is 13.1 Å². The third kappa shape index (κ3) is 3.17. The lowest BCUT2D eigenvalue weighted by molar-refractivity contribution is -0.0455. The van der Waals surface area contributed by atoms with E-state index in [1.165, 1.54) is 25.9 Å². The zero-order valence-corrected chi connectivity index (χ0v) is 13.7. The Bertz CT molecular complexity index is 538. The van der Waals surface area contributed by atoms with E-state index in [2.05, 4.69) is 4.90 Å². The number of furan rings is 1. The number of carbonyl (C=O) groups excluding carboxylic acids is 1. The third-order valence-corrected chi connectivity index (χ3v) is 5.56. The molecule has 4 rings (SSSR count). The van der Waals surface area contributed by atoms with Gasteiger partial charge in [-0.15, -0.1) is 0 Å². The minimum atomic E-state index is -0.120. The van der Waals surface area contributed by atoms with Gasteiger partial charge in [-0.3, -0.25) is 4.79 Å². The molecule has 0 radical (unpaired) electrons. The predicted octanol–water partition coefficient (Wildman–Crippen LogP) is 2.39. The van der Waals surface area contributed by atoms with Gasteiger partial charge in [0.1, 0.15) is 0 Å². The van der Waals surface area contributed by atoms with Crippen LogP contribution in [0, 0.1) is 5.92 Å². The first-order valence-corrected chi connectivity index (χ1v) is 8.93. The molecule has 23 heavy (non-hydrogen) atoms. The maximum absolute atomic E-state index is 12.5. The summed E-state index contributed by atoms with van der Waals surface area (Å²) in [4.78, 5) is 17.0. The first-order valence-electron chi connectivity index (χ1n) is 8.93. The molecule has 1 aromatic rings. The van der Waals surface area contributed by atoms with Crippen molar-refractivity contribution in [3.05, 3.63) is 24.2 Å². The van der Waals surface area contributed by atoms with Crippen LogP contribution in [0.5, 0.6) is 0 Å². The molecule has 0 aromatic carbocycles. The summed E-state index contributed by atoms with van der Waals surface area (Å²) in [6, 6.07) is 3.51. The summed E-state index contributed by atoms with van der Waals surface area (Å²) >= 11 is 0. The number of amides is 1. The molecule has 3 fully saturated rings. The van der Waals surface area contributed by atoms with Gasteiger partial charge in [-0.05, 0) is 63.2 Å². The number of ether oxygens (including phenoxy) is 1. The van der Waals surface area contributed by atoms with Crippen LogP contribution in [-0.2, 0) is 4.74 Å². The molecule has 2 atom stereocenters. The van der Waals surface area contributed by atoms with Gasteiger partial charge in [-0.1, -0.05) is 0 Å². The van der Waals surface area contributed by atoms with Crippen molar-refractivity contribution in [1.82, 2.24) is 9.80 Å². The lowest BCUT2D eigenvalue weighted by atomic mass is 9.86. The van der Waals surface area contributed by atoms with E-state index < -0.39 is 0 Å². The van der Waals surface area contributed by atoms with E-state index in [4.69, 9.17) is 9.15 Å². The van der Waals surface area contributed by atoms with E-state index in [1.54, 1.807) is 18.4 Å². The quantitative estimate of drug-likeness (QED) is 0.858. The number of piperidine rings is 1. The van der Waals surface area contributed by atoms with Gasteiger partial charge in [0.25, 0.3) is 5.91 Å². The lowest BCUT2D eigenvalue weighted by Gasteiger charge is -2.39. The van der Waals surface area contributed by atoms with Crippen LogP contribution in [-0.4, -0.2) is 60.6 Å². The van der Waals surface area contributed by atoms with Gasteiger partial charge in [0.05, 0.1) is 25.0 Å². The fraction of sp³-hybridized carbons (Fsp3) is 0.722. The highest BCUT2D eigenvalue weighted by atomic mass is 16.5. The van der Waals surface area contributed by atoms with E-state index in [9.17, 15) is 4.79 Å². The fourth-order valence-electron chi connectivity index (χ4n) is 4.50. The fourth-order valence-corrected chi connectivity index (χ4v) is 4.50. The molecule has 5 heteroatoms. The second kappa shape index (κ2) is 6.29. The maximum Gasteiger partial charge on any atom is 0.289 e. The summed E-state index contributed by atoms with van der Waals surface area (Å²) < 4.78 is 11.5. The molecule has 1 spiro atoms. The topological polar surface area (TPSA) is 45.9 Å². The monoisotopic (exact) mass is 318 g/mol. The van der Waals surface area contributed by atoms with Crippen molar-refractivity contribution in [2.24, 2.45) is 5.92 Å². The molecule has 1 aromatic heterocycles. The van der Waals surface area contributed by atoms with E-state index in [0.29, 0.717) is 18.2 Å². The van der Waals surface area contributed by atoms with Crippen molar-refractivity contribution in [2.45, 2.75) is 37.7 Å². The van der Waals surface area contributed by atoms with Gasteiger partial charge in [0.2, 0.25) is 0 Å². The van der Waals surface area contributed by atoms with Gasteiger partial charge in [-0.25, -0.2) is 0 Å². The molecule has 126 valence electrons. The molecular weight excluding hydrogens is 292 g/mol. The Kier molecular flexibility index (Phi) is 4.16. The van der Waals surface area contributed by atoms with Crippen LogP contribution in [0.25, 0.3) is 0 Å². The number of rotatable bonds is 3. The van der Waals surface area contributed by atoms with Gasteiger partial charge >= 0.3 is 0 Å². The zero-order valence-electron chi connectivity index (χ0n) is 13.7. The van der Waals surface area contributed by atoms with Crippen molar-refractivity contribution in [1.29, 1.82) is 0 Å². The molecule has 2 unspecified atom stereocenters. The molecule has 0 N–H and O–H groups in total. The molecule has 3 aliphatic rings. The highest BCUT2D eigenvalue weighted by molar-refractivity contribution is 5.91. The van der Waals surface area contributed by atoms with Crippen LogP contribution in [0.1, 0.15) is 42.7 Å². The molecule has 0 aliphatic carbocycles. The largest absolute Gasteiger partial charge is 0.459 e. The number of carbonyl (C=O) groups is 1. The number of hydrogen-bond donors (Lipinski definition) is 0. The van der Waals surface area contributed by atoms with E-state index in [0.717, 1.165) is 39.0 Å². The van der Waals surface area contributed by atoms with Crippen molar-refractivity contribution >= 4 is 5.91 Å². The van der Waals surface area contributed by atoms with Crippen LogP contribution in [0.4, 0.5) is 0 Å². The third-order valence-electron chi connectivity index (χ3n) is 5.56. The Balaban J connectivity index is 1.38. The minimum Gasteiger partial charge on any atom is -0.459 e. The Morgan fingerprint density at radius 3 is 2.91 bits per heavy atom. The van der Waals surface area contributed by atoms with E-state index in [1.807, 2.05) is 4.90 Å².